The summed E-state index contributed by atoms with van der Waals surface area (Å²) in [4.78, 5) is 39.4. The predicted octanol–water partition coefficient (Wildman–Crippen LogP) is 6.57. The largest absolute Gasteiger partial charge is 0.453 e. The third-order valence-corrected chi connectivity index (χ3v) is 9.91. The molecule has 11 heteroatoms. The van der Waals surface area contributed by atoms with Crippen molar-refractivity contribution in [1.29, 1.82) is 0 Å². The van der Waals surface area contributed by atoms with Crippen molar-refractivity contribution in [2.75, 3.05) is 70.6 Å². The molecule has 3 heterocycles. The lowest BCUT2D eigenvalue weighted by molar-refractivity contribution is -0.125. The summed E-state index contributed by atoms with van der Waals surface area (Å²) in [7, 11) is 5.96. The number of carbonyl (C=O) groups is 2. The lowest BCUT2D eigenvalue weighted by atomic mass is 10.1. The summed E-state index contributed by atoms with van der Waals surface area (Å²) in [6.45, 7) is 7.54. The first-order valence-corrected chi connectivity index (χ1v) is 17.2. The van der Waals surface area contributed by atoms with Gasteiger partial charge < -0.3 is 24.8 Å². The lowest BCUT2D eigenvalue weighted by Gasteiger charge is -2.33. The smallest absolute Gasteiger partial charge is 0.236 e. The van der Waals surface area contributed by atoms with E-state index < -0.39 is 11.7 Å². The van der Waals surface area contributed by atoms with E-state index in [1.165, 1.54) is 22.6 Å². The van der Waals surface area contributed by atoms with Crippen LogP contribution in [-0.4, -0.2) is 91.9 Å². The van der Waals surface area contributed by atoms with Crippen LogP contribution in [0.2, 0.25) is 0 Å². The van der Waals surface area contributed by atoms with E-state index in [0.29, 0.717) is 11.4 Å². The van der Waals surface area contributed by atoms with Crippen molar-refractivity contribution >= 4 is 44.7 Å². The molecule has 49 heavy (non-hydrogen) atoms. The van der Waals surface area contributed by atoms with Gasteiger partial charge in [0.1, 0.15) is 12.2 Å². The number of rotatable bonds is 12. The van der Waals surface area contributed by atoms with Gasteiger partial charge in [0.15, 0.2) is 11.6 Å². The summed E-state index contributed by atoms with van der Waals surface area (Å²) >= 11 is 1.54. The van der Waals surface area contributed by atoms with Crippen molar-refractivity contribution in [1.82, 2.24) is 19.7 Å². The first kappa shape index (κ1) is 34.2. The molecule has 0 aliphatic carbocycles. The highest BCUT2D eigenvalue weighted by molar-refractivity contribution is 7.22. The van der Waals surface area contributed by atoms with E-state index in [1.54, 1.807) is 48.8 Å². The van der Waals surface area contributed by atoms with Crippen molar-refractivity contribution in [3.63, 3.8) is 0 Å². The number of anilines is 2. The quantitative estimate of drug-likeness (QED) is 0.150. The molecule has 0 spiro atoms. The van der Waals surface area contributed by atoms with Gasteiger partial charge in [-0.25, -0.2) is 4.39 Å². The van der Waals surface area contributed by atoms with Crippen LogP contribution in [0.15, 0.2) is 91.1 Å². The summed E-state index contributed by atoms with van der Waals surface area (Å²) in [5.41, 5.74) is 4.01. The number of nitrogens with one attached hydrogen (secondary N) is 1. The Morgan fingerprint density at radius 1 is 0.939 bits per heavy atom. The molecule has 2 aromatic heterocycles. The highest BCUT2D eigenvalue weighted by Crippen LogP contribution is 2.40. The number of aromatic nitrogens is 1. The van der Waals surface area contributed by atoms with E-state index in [9.17, 15) is 9.59 Å². The summed E-state index contributed by atoms with van der Waals surface area (Å²) in [6, 6.07) is 25.6. The average molecular weight is 681 g/mol. The summed E-state index contributed by atoms with van der Waals surface area (Å²) in [5, 5.41) is 2.60. The predicted molar refractivity (Wildman–Crippen MR) is 195 cm³/mol. The van der Waals surface area contributed by atoms with Gasteiger partial charge in [0.05, 0.1) is 10.2 Å². The van der Waals surface area contributed by atoms with Gasteiger partial charge in [0, 0.05) is 87.4 Å². The van der Waals surface area contributed by atoms with Gasteiger partial charge >= 0.3 is 0 Å². The standard InChI is InChI=1S/C38H41FN6O3S/c1-42-17-20-45(21-18-42)22-19-43(2)26-27-9-11-28(12-10-27)35-24-32-38(49-35)34(15-16-40-32)48-33-14-13-29(23-31(33)39)41-36(46)25-37(47)44(3)30-7-5-4-6-8-30/h4-16,23-24H,17-22,25-26H2,1-3H3,(H,41,46). The molecule has 1 saturated heterocycles. The molecule has 9 nitrogen and oxygen atoms in total. The number of benzene rings is 3. The Hall–Kier alpha value is -4.68. The third kappa shape index (κ3) is 8.87. The van der Waals surface area contributed by atoms with Crippen LogP contribution in [0, 0.1) is 5.82 Å². The number of fused-ring (bicyclic) bond motifs is 1. The number of piperazine rings is 1. The van der Waals surface area contributed by atoms with Crippen LogP contribution in [0.5, 0.6) is 11.5 Å². The number of ether oxygens (including phenoxy) is 1. The molecule has 0 unspecified atom stereocenters. The van der Waals surface area contributed by atoms with E-state index in [2.05, 4.69) is 63.4 Å². The number of halogens is 1. The molecule has 0 bridgehead atoms. The maximum atomic E-state index is 15.2. The number of likely N-dealkylation sites (N-methyl/N-ethyl adjacent to an activating group) is 2. The van der Waals surface area contributed by atoms with Crippen molar-refractivity contribution in [3.8, 4) is 21.9 Å². The van der Waals surface area contributed by atoms with Crippen molar-refractivity contribution in [2.45, 2.75) is 13.0 Å². The minimum Gasteiger partial charge on any atom is -0.453 e. The second-order valence-electron chi connectivity index (χ2n) is 12.5. The Kier molecular flexibility index (Phi) is 10.9. The molecule has 1 aliphatic heterocycles. The fourth-order valence-electron chi connectivity index (χ4n) is 5.72. The van der Waals surface area contributed by atoms with Crippen LogP contribution in [0.1, 0.15) is 12.0 Å². The SMILES string of the molecule is CN1CCN(CCN(C)Cc2ccc(-c3cc4nccc(Oc5ccc(NC(=O)CC(=O)N(C)c6ccccc6)cc5F)c4s3)cc2)CC1. The lowest BCUT2D eigenvalue weighted by Crippen LogP contribution is -2.46. The zero-order chi connectivity index (χ0) is 34.3. The van der Waals surface area contributed by atoms with Gasteiger partial charge in [0.25, 0.3) is 0 Å². The highest BCUT2D eigenvalue weighted by Gasteiger charge is 2.18. The van der Waals surface area contributed by atoms with Crippen molar-refractivity contribution < 1.29 is 18.7 Å². The highest BCUT2D eigenvalue weighted by atomic mass is 32.1. The molecule has 1 N–H and O–H groups in total. The van der Waals surface area contributed by atoms with Crippen LogP contribution in [0.25, 0.3) is 20.7 Å². The summed E-state index contributed by atoms with van der Waals surface area (Å²) in [6.07, 6.45) is 1.27. The van der Waals surface area contributed by atoms with E-state index in [4.69, 9.17) is 4.74 Å². The zero-order valence-electron chi connectivity index (χ0n) is 28.1. The maximum Gasteiger partial charge on any atom is 0.236 e. The van der Waals surface area contributed by atoms with Crippen molar-refractivity contribution in [2.24, 2.45) is 0 Å². The molecule has 1 aliphatic rings. The summed E-state index contributed by atoms with van der Waals surface area (Å²) in [5.74, 6) is -1.05. The topological polar surface area (TPSA) is 81.2 Å². The third-order valence-electron chi connectivity index (χ3n) is 8.73. The van der Waals surface area contributed by atoms with Gasteiger partial charge in [0.2, 0.25) is 11.8 Å². The molecule has 0 saturated carbocycles. The van der Waals surface area contributed by atoms with Gasteiger partial charge in [-0.05, 0) is 55.6 Å². The minimum absolute atomic E-state index is 0.0152. The number of carbonyl (C=O) groups excluding carboxylic acids is 2. The van der Waals surface area contributed by atoms with Gasteiger partial charge in [-0.2, -0.15) is 0 Å². The first-order chi connectivity index (χ1) is 23.7. The molecule has 0 radical (unpaired) electrons. The molecule has 5 aromatic rings. The Morgan fingerprint density at radius 2 is 1.69 bits per heavy atom. The molecular formula is C38H41FN6O3S. The van der Waals surface area contributed by atoms with Gasteiger partial charge in [-0.3, -0.25) is 19.5 Å². The Bertz CT molecular complexity index is 1890. The van der Waals surface area contributed by atoms with Gasteiger partial charge in [-0.1, -0.05) is 42.5 Å². The molecule has 3 aromatic carbocycles. The Labute approximate surface area is 290 Å². The molecule has 6 rings (SSSR count). The first-order valence-electron chi connectivity index (χ1n) is 16.4. The second-order valence-corrected chi connectivity index (χ2v) is 13.5. The maximum absolute atomic E-state index is 15.2. The molecule has 1 fully saturated rings. The fraction of sp³-hybridized carbons (Fsp3) is 0.289. The number of hydrogen-bond acceptors (Lipinski definition) is 8. The Balaban J connectivity index is 1.05. The van der Waals surface area contributed by atoms with E-state index >= 15 is 4.39 Å². The monoisotopic (exact) mass is 680 g/mol. The number of nitrogens with zero attached hydrogens (tertiary/aromatic N) is 5. The van der Waals surface area contributed by atoms with E-state index in [-0.39, 0.29) is 23.8 Å². The Morgan fingerprint density at radius 3 is 2.43 bits per heavy atom. The zero-order valence-corrected chi connectivity index (χ0v) is 28.9. The van der Waals surface area contributed by atoms with Crippen LogP contribution in [-0.2, 0) is 16.1 Å². The number of para-hydroxylation sites is 1. The number of pyridine rings is 1. The van der Waals surface area contributed by atoms with Crippen LogP contribution in [0.4, 0.5) is 15.8 Å². The normalized spacial score (nSPS) is 13.9. The number of thiophene rings is 1. The van der Waals surface area contributed by atoms with E-state index in [1.807, 2.05) is 24.3 Å². The molecule has 0 atom stereocenters. The van der Waals surface area contributed by atoms with Crippen LogP contribution < -0.4 is 15.0 Å². The molecular weight excluding hydrogens is 640 g/mol. The second kappa shape index (κ2) is 15.7. The minimum atomic E-state index is -0.642. The van der Waals surface area contributed by atoms with Crippen LogP contribution in [0.3, 0.4) is 0 Å². The number of amides is 2. The number of hydrogen-bond donors (Lipinski definition) is 1. The molecule has 2 amide bonds. The van der Waals surface area contributed by atoms with Crippen molar-refractivity contribution in [3.05, 3.63) is 103 Å². The van der Waals surface area contributed by atoms with Crippen LogP contribution >= 0.6 is 11.3 Å². The van der Waals surface area contributed by atoms with E-state index in [0.717, 1.165) is 66.5 Å². The fourth-order valence-corrected chi connectivity index (χ4v) is 6.79. The molecule has 254 valence electrons. The summed E-state index contributed by atoms with van der Waals surface area (Å²) < 4.78 is 22.0. The van der Waals surface area contributed by atoms with Gasteiger partial charge in [-0.15, -0.1) is 11.3 Å². The average Bonchev–Trinajstić information content (AvgIpc) is 3.55.